The number of aromatic nitrogens is 5. The lowest BCUT2D eigenvalue weighted by Crippen LogP contribution is -2.41. The molecular weight excluding hydrogens is 524 g/mol. The first-order chi connectivity index (χ1) is 19.8. The fourth-order valence-corrected chi connectivity index (χ4v) is 6.50. The van der Waals surface area contributed by atoms with Crippen LogP contribution in [-0.2, 0) is 4.74 Å². The molecule has 0 spiro atoms. The molecule has 1 aromatic carbocycles. The molecule has 0 unspecified atom stereocenters. The Morgan fingerprint density at radius 3 is 2.41 bits per heavy atom. The van der Waals surface area contributed by atoms with Crippen molar-refractivity contribution in [2.24, 2.45) is 11.8 Å². The van der Waals surface area contributed by atoms with E-state index in [0.29, 0.717) is 40.5 Å². The number of aryl methyl sites for hydroxylation is 1. The Morgan fingerprint density at radius 1 is 1.00 bits per heavy atom. The number of ether oxygens (including phenoxy) is 1. The highest BCUT2D eigenvalue weighted by atomic mass is 19.1. The van der Waals surface area contributed by atoms with Gasteiger partial charge in [-0.3, -0.25) is 0 Å². The molecule has 2 fully saturated rings. The van der Waals surface area contributed by atoms with Crippen LogP contribution in [0.1, 0.15) is 57.0 Å². The number of benzene rings is 1. The van der Waals surface area contributed by atoms with Crippen molar-refractivity contribution < 1.29 is 13.5 Å². The van der Waals surface area contributed by atoms with Gasteiger partial charge in [0.05, 0.1) is 24.9 Å². The van der Waals surface area contributed by atoms with Crippen LogP contribution in [0, 0.1) is 30.4 Å². The zero-order valence-electron chi connectivity index (χ0n) is 24.1. The fourth-order valence-electron chi connectivity index (χ4n) is 6.50. The van der Waals surface area contributed by atoms with E-state index in [2.05, 4.69) is 43.1 Å². The van der Waals surface area contributed by atoms with E-state index in [-0.39, 0.29) is 23.2 Å². The Morgan fingerprint density at radius 2 is 1.78 bits per heavy atom. The van der Waals surface area contributed by atoms with Crippen molar-refractivity contribution in [2.75, 3.05) is 38.2 Å². The molecule has 2 aliphatic heterocycles. The summed E-state index contributed by atoms with van der Waals surface area (Å²) in [4.78, 5) is 20.1. The van der Waals surface area contributed by atoms with Crippen LogP contribution in [0.3, 0.4) is 0 Å². The van der Waals surface area contributed by atoms with E-state index in [1.807, 2.05) is 37.6 Å². The maximum Gasteiger partial charge on any atom is 0.229 e. The largest absolute Gasteiger partial charge is 0.381 e. The summed E-state index contributed by atoms with van der Waals surface area (Å²) in [5, 5.41) is 3.10. The number of piperidine rings is 1. The maximum atomic E-state index is 15.1. The van der Waals surface area contributed by atoms with E-state index < -0.39 is 11.6 Å². The molecule has 1 N–H and O–H groups in total. The Hall–Kier alpha value is -3.50. The predicted molar refractivity (Wildman–Crippen MR) is 155 cm³/mol. The van der Waals surface area contributed by atoms with Crippen molar-refractivity contribution >= 4 is 22.8 Å². The standard InChI is InChI=1S/C31H37F2N7O/c1-5-39-10-8-20(9-11-39)28(23-16-41-17-23)21-6-7-27(34-14-21)37-31-35-15-25(33)29(38-31)22-12-24(32)30-26(13-22)40(18(2)3)19(4)36-30/h6-7,12-15,18,20,23,28H,5,8-11,16-17H2,1-4H3,(H,34,35,37,38)/t28-/m0/s1. The van der Waals surface area contributed by atoms with Crippen LogP contribution in [-0.4, -0.2) is 62.3 Å². The topological polar surface area (TPSA) is 81.0 Å². The van der Waals surface area contributed by atoms with E-state index in [1.165, 1.54) is 24.5 Å². The normalized spacial score (nSPS) is 17.7. The van der Waals surface area contributed by atoms with E-state index in [4.69, 9.17) is 4.74 Å². The van der Waals surface area contributed by atoms with Crippen molar-refractivity contribution in [1.29, 1.82) is 0 Å². The van der Waals surface area contributed by atoms with Gasteiger partial charge in [-0.1, -0.05) is 13.0 Å². The van der Waals surface area contributed by atoms with Gasteiger partial charge in [-0.05, 0) is 88.8 Å². The molecule has 2 aliphatic rings. The van der Waals surface area contributed by atoms with Crippen LogP contribution in [0.2, 0.25) is 0 Å². The number of fused-ring (bicyclic) bond motifs is 1. The summed E-state index contributed by atoms with van der Waals surface area (Å²) >= 11 is 0. The molecule has 6 rings (SSSR count). The quantitative estimate of drug-likeness (QED) is 0.272. The van der Waals surface area contributed by atoms with Gasteiger partial charge in [-0.15, -0.1) is 0 Å². The zero-order valence-corrected chi connectivity index (χ0v) is 24.1. The average Bonchev–Trinajstić information content (AvgIpc) is 3.29. The smallest absolute Gasteiger partial charge is 0.229 e. The molecule has 3 aromatic heterocycles. The first-order valence-electron chi connectivity index (χ1n) is 14.6. The minimum absolute atomic E-state index is 0.0116. The highest BCUT2D eigenvalue weighted by molar-refractivity contribution is 5.83. The summed E-state index contributed by atoms with van der Waals surface area (Å²) in [6.07, 6.45) is 5.40. The summed E-state index contributed by atoms with van der Waals surface area (Å²) in [6, 6.07) is 7.11. The van der Waals surface area contributed by atoms with Gasteiger partial charge in [0.25, 0.3) is 0 Å². The first-order valence-corrected chi connectivity index (χ1v) is 14.6. The molecule has 216 valence electrons. The summed E-state index contributed by atoms with van der Waals surface area (Å²) in [7, 11) is 0. The molecular formula is C31H37F2N7O. The van der Waals surface area contributed by atoms with Gasteiger partial charge in [-0.25, -0.2) is 28.7 Å². The number of nitrogens with one attached hydrogen (secondary N) is 1. The molecule has 1 atom stereocenters. The minimum atomic E-state index is -0.635. The molecule has 10 heteroatoms. The van der Waals surface area contributed by atoms with Crippen LogP contribution >= 0.6 is 0 Å². The van der Waals surface area contributed by atoms with Crippen molar-refractivity contribution in [3.05, 3.63) is 59.7 Å². The van der Waals surface area contributed by atoms with Crippen molar-refractivity contribution in [2.45, 2.75) is 52.5 Å². The predicted octanol–water partition coefficient (Wildman–Crippen LogP) is 6.26. The molecule has 0 amide bonds. The molecule has 0 saturated carbocycles. The summed E-state index contributed by atoms with van der Waals surface area (Å²) in [5.74, 6) is 1.85. The minimum Gasteiger partial charge on any atom is -0.381 e. The molecule has 4 aromatic rings. The van der Waals surface area contributed by atoms with Gasteiger partial charge in [0.15, 0.2) is 11.6 Å². The van der Waals surface area contributed by atoms with Crippen LogP contribution in [0.5, 0.6) is 0 Å². The Bertz CT molecular complexity index is 1530. The molecule has 8 nitrogen and oxygen atoms in total. The van der Waals surface area contributed by atoms with Crippen LogP contribution < -0.4 is 5.32 Å². The maximum absolute atomic E-state index is 15.1. The van der Waals surface area contributed by atoms with E-state index in [9.17, 15) is 4.39 Å². The third kappa shape index (κ3) is 5.42. The highest BCUT2D eigenvalue weighted by Gasteiger charge is 2.37. The average molecular weight is 562 g/mol. The van der Waals surface area contributed by atoms with Gasteiger partial charge < -0.3 is 19.5 Å². The first kappa shape index (κ1) is 27.7. The summed E-state index contributed by atoms with van der Waals surface area (Å²) < 4.78 is 37.5. The zero-order chi connectivity index (χ0) is 28.7. The number of imidazole rings is 1. The summed E-state index contributed by atoms with van der Waals surface area (Å²) in [6.45, 7) is 13.0. The second-order valence-corrected chi connectivity index (χ2v) is 11.5. The van der Waals surface area contributed by atoms with Crippen molar-refractivity contribution in [3.8, 4) is 11.3 Å². The third-order valence-corrected chi connectivity index (χ3v) is 8.63. The number of hydrogen-bond acceptors (Lipinski definition) is 7. The molecule has 0 aliphatic carbocycles. The monoisotopic (exact) mass is 561 g/mol. The van der Waals surface area contributed by atoms with Gasteiger partial charge in [0, 0.05) is 23.7 Å². The SMILES string of the molecule is CCN1CCC([C@@H](c2ccc(Nc3ncc(F)c(-c4cc(F)c5nc(C)n(C(C)C)c5c4)n3)nc2)C2COC2)CC1. The highest BCUT2D eigenvalue weighted by Crippen LogP contribution is 2.41. The Labute approximate surface area is 239 Å². The Balaban J connectivity index is 1.24. The number of likely N-dealkylation sites (tertiary alicyclic amines) is 1. The fraction of sp³-hybridized carbons (Fsp3) is 0.484. The second-order valence-electron chi connectivity index (χ2n) is 11.5. The van der Waals surface area contributed by atoms with Gasteiger partial charge in [0.2, 0.25) is 5.95 Å². The number of rotatable bonds is 8. The van der Waals surface area contributed by atoms with E-state index in [1.54, 1.807) is 6.07 Å². The molecule has 5 heterocycles. The number of nitrogens with zero attached hydrogens (tertiary/aromatic N) is 6. The summed E-state index contributed by atoms with van der Waals surface area (Å²) in [5.41, 5.74) is 2.42. The molecule has 41 heavy (non-hydrogen) atoms. The lowest BCUT2D eigenvalue weighted by molar-refractivity contribution is -0.0587. The van der Waals surface area contributed by atoms with Crippen LogP contribution in [0.15, 0.2) is 36.7 Å². The number of pyridine rings is 1. The molecule has 0 radical (unpaired) electrons. The van der Waals surface area contributed by atoms with Gasteiger partial charge >= 0.3 is 0 Å². The lowest BCUT2D eigenvalue weighted by Gasteiger charge is -2.42. The molecule has 0 bridgehead atoms. The van der Waals surface area contributed by atoms with Crippen molar-refractivity contribution in [1.82, 2.24) is 29.4 Å². The van der Waals surface area contributed by atoms with E-state index >= 15 is 4.39 Å². The third-order valence-electron chi connectivity index (χ3n) is 8.63. The Kier molecular flexibility index (Phi) is 7.70. The van der Waals surface area contributed by atoms with Gasteiger partial charge in [-0.2, -0.15) is 0 Å². The molecule has 2 saturated heterocycles. The van der Waals surface area contributed by atoms with E-state index in [0.717, 1.165) is 39.0 Å². The van der Waals surface area contributed by atoms with Crippen molar-refractivity contribution in [3.63, 3.8) is 0 Å². The van der Waals surface area contributed by atoms with Crippen LogP contribution in [0.4, 0.5) is 20.5 Å². The lowest BCUT2D eigenvalue weighted by atomic mass is 9.72. The number of halogens is 2. The van der Waals surface area contributed by atoms with Gasteiger partial charge in [0.1, 0.15) is 22.9 Å². The van der Waals surface area contributed by atoms with Crippen LogP contribution in [0.25, 0.3) is 22.3 Å². The second kappa shape index (κ2) is 11.4. The number of hydrogen-bond donors (Lipinski definition) is 1. The number of anilines is 2.